The summed E-state index contributed by atoms with van der Waals surface area (Å²) < 4.78 is 10.4. The van der Waals surface area contributed by atoms with Gasteiger partial charge in [-0.15, -0.1) is 6.42 Å². The van der Waals surface area contributed by atoms with Crippen molar-refractivity contribution in [3.63, 3.8) is 0 Å². The van der Waals surface area contributed by atoms with Crippen molar-refractivity contribution < 1.29 is 24.2 Å². The zero-order chi connectivity index (χ0) is 16.0. The van der Waals surface area contributed by atoms with Gasteiger partial charge in [-0.3, -0.25) is 9.59 Å². The molecule has 1 amide bonds. The number of terminal acetylenes is 1. The molecule has 0 saturated carbocycles. The maximum atomic E-state index is 12.4. The molecule has 0 atom stereocenters. The van der Waals surface area contributed by atoms with Crippen LogP contribution in [0.3, 0.4) is 0 Å². The van der Waals surface area contributed by atoms with Crippen LogP contribution in [0.25, 0.3) is 0 Å². The monoisotopic (exact) mass is 291 g/mol. The quantitative estimate of drug-likeness (QED) is 0.796. The van der Waals surface area contributed by atoms with Crippen LogP contribution < -0.4 is 9.47 Å². The van der Waals surface area contributed by atoms with Gasteiger partial charge >= 0.3 is 5.97 Å². The molecule has 1 aromatic carbocycles. The summed E-state index contributed by atoms with van der Waals surface area (Å²) in [7, 11) is 2.96. The molecular formula is C15H17NO5. The third-order valence-corrected chi connectivity index (χ3v) is 2.89. The third-order valence-electron chi connectivity index (χ3n) is 2.89. The van der Waals surface area contributed by atoms with Crippen molar-refractivity contribution in [1.82, 2.24) is 4.90 Å². The van der Waals surface area contributed by atoms with Crippen molar-refractivity contribution >= 4 is 11.9 Å². The van der Waals surface area contributed by atoms with Gasteiger partial charge in [0, 0.05) is 11.1 Å². The minimum Gasteiger partial charge on any atom is -0.496 e. The Kier molecular flexibility index (Phi) is 5.61. The first-order valence-electron chi connectivity index (χ1n) is 6.11. The molecule has 6 heteroatoms. The van der Waals surface area contributed by atoms with Crippen LogP contribution in [-0.2, 0) is 4.79 Å². The maximum absolute atomic E-state index is 12.4. The average Bonchev–Trinajstić information content (AvgIpc) is 2.46. The fourth-order valence-corrected chi connectivity index (χ4v) is 1.87. The molecule has 0 aliphatic rings. The smallest absolute Gasteiger partial charge is 0.323 e. The summed E-state index contributed by atoms with van der Waals surface area (Å²) in [6.07, 6.45) is 5.17. The summed E-state index contributed by atoms with van der Waals surface area (Å²) in [4.78, 5) is 24.2. The van der Waals surface area contributed by atoms with E-state index in [1.54, 1.807) is 6.92 Å². The molecule has 112 valence electrons. The summed E-state index contributed by atoms with van der Waals surface area (Å²) >= 11 is 0. The molecule has 0 aromatic heterocycles. The summed E-state index contributed by atoms with van der Waals surface area (Å²) in [5.74, 6) is 1.60. The molecule has 0 radical (unpaired) electrons. The first-order valence-corrected chi connectivity index (χ1v) is 6.11. The molecule has 1 aromatic rings. The first kappa shape index (κ1) is 16.4. The van der Waals surface area contributed by atoms with Crippen molar-refractivity contribution in [2.45, 2.75) is 6.92 Å². The van der Waals surface area contributed by atoms with Crippen LogP contribution in [-0.4, -0.2) is 49.2 Å². The lowest BCUT2D eigenvalue weighted by atomic mass is 10.1. The Morgan fingerprint density at radius 3 is 2.19 bits per heavy atom. The highest BCUT2D eigenvalue weighted by Crippen LogP contribution is 2.29. The average molecular weight is 291 g/mol. The number of hydrogen-bond donors (Lipinski definition) is 1. The zero-order valence-electron chi connectivity index (χ0n) is 12.2. The highest BCUT2D eigenvalue weighted by molar-refractivity contribution is 5.97. The largest absolute Gasteiger partial charge is 0.496 e. The van der Waals surface area contributed by atoms with Crippen LogP contribution in [0.1, 0.15) is 15.9 Å². The summed E-state index contributed by atoms with van der Waals surface area (Å²) in [6, 6.07) is 3.07. The van der Waals surface area contributed by atoms with E-state index < -0.39 is 18.4 Å². The summed E-state index contributed by atoms with van der Waals surface area (Å²) in [5.41, 5.74) is 1.00. The van der Waals surface area contributed by atoms with Gasteiger partial charge in [-0.1, -0.05) is 5.92 Å². The first-order chi connectivity index (χ1) is 9.94. The molecule has 0 saturated heterocycles. The number of benzene rings is 1. The number of hydrogen-bond acceptors (Lipinski definition) is 4. The zero-order valence-corrected chi connectivity index (χ0v) is 12.2. The number of ether oxygens (including phenoxy) is 2. The second-order valence-electron chi connectivity index (χ2n) is 4.26. The Labute approximate surface area is 123 Å². The van der Waals surface area contributed by atoms with Gasteiger partial charge in [0.15, 0.2) is 0 Å². The fraction of sp³-hybridized carbons (Fsp3) is 0.333. The van der Waals surface area contributed by atoms with E-state index in [4.69, 9.17) is 21.0 Å². The molecule has 0 spiro atoms. The molecule has 0 fully saturated rings. The van der Waals surface area contributed by atoms with Crippen LogP contribution in [0.4, 0.5) is 0 Å². The molecule has 1 N–H and O–H groups in total. The van der Waals surface area contributed by atoms with Crippen LogP contribution in [0.5, 0.6) is 11.5 Å². The topological polar surface area (TPSA) is 76.1 Å². The second kappa shape index (κ2) is 7.20. The Balaban J connectivity index is 3.21. The van der Waals surface area contributed by atoms with Crippen LogP contribution in [0.15, 0.2) is 12.1 Å². The Bertz CT molecular complexity index is 563. The standard InChI is InChI=1S/C15H17NO5/c1-5-6-16(9-14(17)18)15(19)11-7-12(20-3)10(2)13(8-11)21-4/h1,7-8H,6,9H2,2-4H3,(H,17,18). The minimum atomic E-state index is -1.13. The second-order valence-corrected chi connectivity index (χ2v) is 4.26. The van der Waals surface area contributed by atoms with E-state index in [0.717, 1.165) is 10.5 Å². The number of carboxylic acids is 1. The summed E-state index contributed by atoms with van der Waals surface area (Å²) in [6.45, 7) is 1.23. The Morgan fingerprint density at radius 1 is 1.29 bits per heavy atom. The lowest BCUT2D eigenvalue weighted by molar-refractivity contribution is -0.137. The van der Waals surface area contributed by atoms with Gasteiger partial charge in [-0.2, -0.15) is 0 Å². The number of methoxy groups -OCH3 is 2. The lowest BCUT2D eigenvalue weighted by Gasteiger charge is -2.19. The fourth-order valence-electron chi connectivity index (χ4n) is 1.87. The molecule has 6 nitrogen and oxygen atoms in total. The molecule has 0 heterocycles. The third kappa shape index (κ3) is 3.89. The number of carbonyl (C=O) groups is 2. The molecule has 1 rings (SSSR count). The van der Waals surface area contributed by atoms with E-state index in [1.165, 1.54) is 26.4 Å². The number of carboxylic acid groups (broad SMARTS) is 1. The molecule has 0 bridgehead atoms. The van der Waals surface area contributed by atoms with Gasteiger partial charge in [0.25, 0.3) is 5.91 Å². The molecule has 0 aliphatic carbocycles. The Morgan fingerprint density at radius 2 is 1.81 bits per heavy atom. The van der Waals surface area contributed by atoms with Gasteiger partial charge in [-0.05, 0) is 19.1 Å². The maximum Gasteiger partial charge on any atom is 0.323 e. The van der Waals surface area contributed by atoms with E-state index >= 15 is 0 Å². The number of nitrogens with zero attached hydrogens (tertiary/aromatic N) is 1. The summed E-state index contributed by atoms with van der Waals surface area (Å²) in [5, 5.41) is 8.84. The van der Waals surface area contributed by atoms with Crippen LogP contribution in [0.2, 0.25) is 0 Å². The van der Waals surface area contributed by atoms with Crippen molar-refractivity contribution in [2.75, 3.05) is 27.3 Å². The Hall–Kier alpha value is -2.68. The van der Waals surface area contributed by atoms with E-state index in [0.29, 0.717) is 11.5 Å². The minimum absolute atomic E-state index is 0.0936. The predicted molar refractivity (Wildman–Crippen MR) is 76.7 cm³/mol. The van der Waals surface area contributed by atoms with E-state index in [-0.39, 0.29) is 12.1 Å². The lowest BCUT2D eigenvalue weighted by Crippen LogP contribution is -2.36. The van der Waals surface area contributed by atoms with Gasteiger partial charge in [0.2, 0.25) is 0 Å². The van der Waals surface area contributed by atoms with Crippen molar-refractivity contribution in [3.8, 4) is 23.8 Å². The molecule has 0 aliphatic heterocycles. The molecular weight excluding hydrogens is 274 g/mol. The van der Waals surface area contributed by atoms with Crippen molar-refractivity contribution in [1.29, 1.82) is 0 Å². The van der Waals surface area contributed by atoms with E-state index in [1.807, 2.05) is 0 Å². The van der Waals surface area contributed by atoms with Crippen LogP contribution in [0, 0.1) is 19.3 Å². The van der Waals surface area contributed by atoms with Crippen molar-refractivity contribution in [3.05, 3.63) is 23.3 Å². The van der Waals surface area contributed by atoms with Gasteiger partial charge in [0.1, 0.15) is 18.0 Å². The SMILES string of the molecule is C#CCN(CC(=O)O)C(=O)c1cc(OC)c(C)c(OC)c1. The van der Waals surface area contributed by atoms with Gasteiger partial charge in [-0.25, -0.2) is 0 Å². The van der Waals surface area contributed by atoms with Gasteiger partial charge < -0.3 is 19.5 Å². The van der Waals surface area contributed by atoms with Gasteiger partial charge in [0.05, 0.1) is 20.8 Å². The van der Waals surface area contributed by atoms with Crippen LogP contribution >= 0.6 is 0 Å². The number of rotatable bonds is 6. The van der Waals surface area contributed by atoms with E-state index in [9.17, 15) is 9.59 Å². The highest BCUT2D eigenvalue weighted by Gasteiger charge is 2.20. The normalized spacial score (nSPS) is 9.62. The van der Waals surface area contributed by atoms with Crippen molar-refractivity contribution in [2.24, 2.45) is 0 Å². The molecule has 21 heavy (non-hydrogen) atoms. The number of amides is 1. The highest BCUT2D eigenvalue weighted by atomic mass is 16.5. The number of carbonyl (C=O) groups excluding carboxylic acids is 1. The van der Waals surface area contributed by atoms with E-state index in [2.05, 4.69) is 5.92 Å². The molecule has 0 unspecified atom stereocenters. The number of aliphatic carboxylic acids is 1. The predicted octanol–water partition coefficient (Wildman–Crippen LogP) is 1.17.